The lowest BCUT2D eigenvalue weighted by Crippen LogP contribution is -2.15. The number of nitrogens with one attached hydrogen (secondary N) is 2. The lowest BCUT2D eigenvalue weighted by molar-refractivity contribution is 0.600. The minimum atomic E-state index is -3.83. The first-order valence-electron chi connectivity index (χ1n) is 9.86. The zero-order valence-electron chi connectivity index (χ0n) is 17.5. The maximum absolute atomic E-state index is 12.8. The Morgan fingerprint density at radius 3 is 1.91 bits per heavy atom. The van der Waals surface area contributed by atoms with E-state index in [9.17, 15) is 16.8 Å². The first-order valence-corrected chi connectivity index (χ1v) is 12.8. The van der Waals surface area contributed by atoms with Gasteiger partial charge in [0.1, 0.15) is 0 Å². The van der Waals surface area contributed by atoms with Crippen LogP contribution in [0.3, 0.4) is 0 Å². The van der Waals surface area contributed by atoms with Crippen molar-refractivity contribution in [2.24, 2.45) is 0 Å². The van der Waals surface area contributed by atoms with Crippen LogP contribution in [-0.2, 0) is 20.0 Å². The average Bonchev–Trinajstić information content (AvgIpc) is 2.75. The second-order valence-corrected chi connectivity index (χ2v) is 10.9. The highest BCUT2D eigenvalue weighted by molar-refractivity contribution is 7.93. The molecule has 4 aromatic rings. The Morgan fingerprint density at radius 1 is 0.594 bits per heavy atom. The van der Waals surface area contributed by atoms with Gasteiger partial charge in [0.2, 0.25) is 0 Å². The van der Waals surface area contributed by atoms with Gasteiger partial charge in [0.15, 0.2) is 0 Å². The number of aryl methyl sites for hydroxylation is 2. The summed E-state index contributed by atoms with van der Waals surface area (Å²) in [5, 5.41) is 1.76. The molecule has 2 N–H and O–H groups in total. The minimum Gasteiger partial charge on any atom is -0.280 e. The summed E-state index contributed by atoms with van der Waals surface area (Å²) in [6.45, 7) is 3.76. The van der Waals surface area contributed by atoms with E-state index in [-0.39, 0.29) is 15.5 Å². The molecular formula is C24H22N2O4S2. The lowest BCUT2D eigenvalue weighted by Gasteiger charge is -2.12. The monoisotopic (exact) mass is 466 g/mol. The molecule has 0 aliphatic heterocycles. The zero-order chi connectivity index (χ0) is 22.9. The minimum absolute atomic E-state index is 0.0335. The van der Waals surface area contributed by atoms with Crippen molar-refractivity contribution in [3.05, 3.63) is 96.1 Å². The van der Waals surface area contributed by atoms with Crippen LogP contribution in [0.5, 0.6) is 0 Å². The van der Waals surface area contributed by atoms with Crippen LogP contribution in [-0.4, -0.2) is 16.8 Å². The quantitative estimate of drug-likeness (QED) is 0.416. The zero-order valence-corrected chi connectivity index (χ0v) is 19.2. The van der Waals surface area contributed by atoms with Crippen molar-refractivity contribution in [3.8, 4) is 0 Å². The molecule has 4 aromatic carbocycles. The van der Waals surface area contributed by atoms with Gasteiger partial charge in [0.25, 0.3) is 20.0 Å². The summed E-state index contributed by atoms with van der Waals surface area (Å²) in [7, 11) is -7.64. The SMILES string of the molecule is Cc1ccc(NS(=O)(=O)c2ccc(NS(=O)(=O)c3ccc4ccccc4c3)cc2)c(C)c1. The molecule has 6 nitrogen and oxygen atoms in total. The molecule has 0 heterocycles. The fraction of sp³-hybridized carbons (Fsp3) is 0.0833. The van der Waals surface area contributed by atoms with Crippen LogP contribution in [0.25, 0.3) is 10.8 Å². The van der Waals surface area contributed by atoms with Crippen molar-refractivity contribution in [1.82, 2.24) is 0 Å². The molecule has 0 aliphatic carbocycles. The summed E-state index contributed by atoms with van der Waals surface area (Å²) >= 11 is 0. The third-order valence-corrected chi connectivity index (χ3v) is 7.83. The average molecular weight is 467 g/mol. The van der Waals surface area contributed by atoms with E-state index in [4.69, 9.17) is 0 Å². The molecule has 164 valence electrons. The molecule has 0 saturated carbocycles. The van der Waals surface area contributed by atoms with Crippen LogP contribution in [0.2, 0.25) is 0 Å². The standard InChI is InChI=1S/C24H22N2O4S2/c1-17-7-14-24(18(2)15-17)26-31(27,28)22-12-9-21(10-13-22)25-32(29,30)23-11-8-19-5-3-4-6-20(19)16-23/h3-16,25-26H,1-2H3. The number of hydrogen-bond donors (Lipinski definition) is 2. The molecule has 0 atom stereocenters. The van der Waals surface area contributed by atoms with Crippen LogP contribution in [0.1, 0.15) is 11.1 Å². The highest BCUT2D eigenvalue weighted by atomic mass is 32.2. The number of fused-ring (bicyclic) bond motifs is 1. The molecule has 32 heavy (non-hydrogen) atoms. The van der Waals surface area contributed by atoms with Crippen molar-refractivity contribution in [2.75, 3.05) is 9.44 Å². The normalized spacial score (nSPS) is 11.9. The van der Waals surface area contributed by atoms with Crippen molar-refractivity contribution in [3.63, 3.8) is 0 Å². The van der Waals surface area contributed by atoms with Crippen molar-refractivity contribution in [2.45, 2.75) is 23.6 Å². The fourth-order valence-electron chi connectivity index (χ4n) is 3.38. The molecule has 4 rings (SSSR count). The molecule has 0 fully saturated rings. The summed E-state index contributed by atoms with van der Waals surface area (Å²) in [5.41, 5.74) is 2.61. The molecule has 0 aromatic heterocycles. The van der Waals surface area contributed by atoms with Gasteiger partial charge < -0.3 is 0 Å². The van der Waals surface area contributed by atoms with Crippen LogP contribution < -0.4 is 9.44 Å². The Hall–Kier alpha value is -3.36. The van der Waals surface area contributed by atoms with E-state index in [2.05, 4.69) is 9.44 Å². The van der Waals surface area contributed by atoms with Gasteiger partial charge in [0, 0.05) is 5.69 Å². The summed E-state index contributed by atoms with van der Waals surface area (Å²) < 4.78 is 56.1. The molecule has 0 saturated heterocycles. The largest absolute Gasteiger partial charge is 0.280 e. The molecule has 8 heteroatoms. The van der Waals surface area contributed by atoms with Gasteiger partial charge in [-0.05, 0) is 72.6 Å². The van der Waals surface area contributed by atoms with E-state index in [1.54, 1.807) is 18.2 Å². The van der Waals surface area contributed by atoms with Crippen molar-refractivity contribution < 1.29 is 16.8 Å². The van der Waals surface area contributed by atoms with E-state index in [0.29, 0.717) is 5.69 Å². The van der Waals surface area contributed by atoms with Crippen LogP contribution in [0.15, 0.2) is 94.7 Å². The van der Waals surface area contributed by atoms with Crippen LogP contribution in [0, 0.1) is 13.8 Å². The molecule has 0 amide bonds. The Morgan fingerprint density at radius 2 is 1.22 bits per heavy atom. The van der Waals surface area contributed by atoms with Gasteiger partial charge in [-0.25, -0.2) is 16.8 Å². The van der Waals surface area contributed by atoms with Crippen molar-refractivity contribution >= 4 is 42.2 Å². The first kappa shape index (κ1) is 21.9. The van der Waals surface area contributed by atoms with Gasteiger partial charge in [-0.2, -0.15) is 0 Å². The Kier molecular flexibility index (Phi) is 5.66. The molecule has 0 bridgehead atoms. The third-order valence-electron chi connectivity index (χ3n) is 5.07. The van der Waals surface area contributed by atoms with E-state index >= 15 is 0 Å². The molecule has 0 radical (unpaired) electrons. The van der Waals surface area contributed by atoms with Gasteiger partial charge in [-0.15, -0.1) is 0 Å². The lowest BCUT2D eigenvalue weighted by atomic mass is 10.1. The topological polar surface area (TPSA) is 92.3 Å². The molecule has 0 unspecified atom stereocenters. The first-order chi connectivity index (χ1) is 15.1. The number of hydrogen-bond acceptors (Lipinski definition) is 4. The number of anilines is 2. The second kappa shape index (κ2) is 8.29. The highest BCUT2D eigenvalue weighted by Gasteiger charge is 2.18. The molecule has 0 spiro atoms. The summed E-state index contributed by atoms with van der Waals surface area (Å²) in [4.78, 5) is 0.163. The Balaban J connectivity index is 1.54. The van der Waals surface area contributed by atoms with E-state index in [0.717, 1.165) is 21.9 Å². The highest BCUT2D eigenvalue weighted by Crippen LogP contribution is 2.24. The molecule has 0 aliphatic rings. The van der Waals surface area contributed by atoms with Gasteiger partial charge in [-0.1, -0.05) is 48.0 Å². The predicted molar refractivity (Wildman–Crippen MR) is 128 cm³/mol. The smallest absolute Gasteiger partial charge is 0.261 e. The Labute approximate surface area is 188 Å². The predicted octanol–water partition coefficient (Wildman–Crippen LogP) is 5.06. The van der Waals surface area contributed by atoms with E-state index < -0.39 is 20.0 Å². The van der Waals surface area contributed by atoms with Crippen molar-refractivity contribution in [1.29, 1.82) is 0 Å². The fourth-order valence-corrected chi connectivity index (χ4v) is 5.61. The van der Waals surface area contributed by atoms with Gasteiger partial charge >= 0.3 is 0 Å². The summed E-state index contributed by atoms with van der Waals surface area (Å²) in [6, 6.07) is 23.4. The Bertz CT molecular complexity index is 1510. The van der Waals surface area contributed by atoms with Gasteiger partial charge in [0.05, 0.1) is 15.5 Å². The second-order valence-electron chi connectivity index (χ2n) is 7.56. The number of rotatable bonds is 6. The maximum atomic E-state index is 12.8. The summed E-state index contributed by atoms with van der Waals surface area (Å²) in [6.07, 6.45) is 0. The van der Waals surface area contributed by atoms with E-state index in [1.165, 1.54) is 30.3 Å². The third kappa shape index (κ3) is 4.61. The number of sulfonamides is 2. The van der Waals surface area contributed by atoms with Crippen LogP contribution >= 0.6 is 0 Å². The number of benzene rings is 4. The summed E-state index contributed by atoms with van der Waals surface area (Å²) in [5.74, 6) is 0. The molecular weight excluding hydrogens is 444 g/mol. The van der Waals surface area contributed by atoms with Crippen LogP contribution in [0.4, 0.5) is 11.4 Å². The maximum Gasteiger partial charge on any atom is 0.261 e. The van der Waals surface area contributed by atoms with E-state index in [1.807, 2.05) is 50.2 Å². The van der Waals surface area contributed by atoms with Gasteiger partial charge in [-0.3, -0.25) is 9.44 Å².